The van der Waals surface area contributed by atoms with Gasteiger partial charge in [-0.05, 0) is 29.8 Å². The van der Waals surface area contributed by atoms with Crippen LogP contribution in [0.5, 0.6) is 0 Å². The number of hydrogen-bond donors (Lipinski definition) is 1. The molecule has 1 atom stereocenters. The highest BCUT2D eigenvalue weighted by molar-refractivity contribution is 7.84. The van der Waals surface area contributed by atoms with E-state index in [1.54, 1.807) is 30.5 Å². The lowest BCUT2D eigenvalue weighted by molar-refractivity contribution is 0.0923. The molecule has 0 aliphatic carbocycles. The van der Waals surface area contributed by atoms with Crippen molar-refractivity contribution in [2.24, 2.45) is 0 Å². The third-order valence-corrected chi connectivity index (χ3v) is 3.39. The highest BCUT2D eigenvalue weighted by atomic mass is 32.2. The molecule has 0 aliphatic heterocycles. The van der Waals surface area contributed by atoms with Gasteiger partial charge >= 0.3 is 0 Å². The molecule has 18 heavy (non-hydrogen) atoms. The molecule has 94 valence electrons. The zero-order valence-corrected chi connectivity index (χ0v) is 10.7. The topological polar surface area (TPSA) is 59.3 Å². The van der Waals surface area contributed by atoms with Crippen molar-refractivity contribution < 1.29 is 13.4 Å². The van der Waals surface area contributed by atoms with Gasteiger partial charge in [-0.3, -0.25) is 9.00 Å². The van der Waals surface area contributed by atoms with E-state index in [1.165, 1.54) is 6.26 Å². The second-order valence-electron chi connectivity index (χ2n) is 3.76. The Balaban J connectivity index is 1.94. The predicted octanol–water partition coefficient (Wildman–Crippen LogP) is 1.95. The second-order valence-corrected chi connectivity index (χ2v) is 5.14. The van der Waals surface area contributed by atoms with Crippen molar-refractivity contribution in [3.63, 3.8) is 0 Å². The Morgan fingerprint density at radius 1 is 1.28 bits per heavy atom. The largest absolute Gasteiger partial charge is 0.459 e. The molecule has 0 aliphatic rings. The smallest absolute Gasteiger partial charge is 0.287 e. The number of furan rings is 1. The van der Waals surface area contributed by atoms with Gasteiger partial charge in [-0.2, -0.15) is 0 Å². The van der Waals surface area contributed by atoms with Crippen LogP contribution in [-0.2, 0) is 17.3 Å². The van der Waals surface area contributed by atoms with E-state index in [2.05, 4.69) is 5.32 Å². The van der Waals surface area contributed by atoms with Crippen LogP contribution in [0.15, 0.2) is 52.0 Å². The average Bonchev–Trinajstić information content (AvgIpc) is 2.90. The summed E-state index contributed by atoms with van der Waals surface area (Å²) in [5, 5.41) is 2.74. The van der Waals surface area contributed by atoms with E-state index < -0.39 is 10.8 Å². The third kappa shape index (κ3) is 3.07. The minimum absolute atomic E-state index is 0.247. The molecule has 1 amide bonds. The van der Waals surface area contributed by atoms with Crippen molar-refractivity contribution in [3.8, 4) is 0 Å². The molecular formula is C13H13NO3S. The predicted molar refractivity (Wildman–Crippen MR) is 68.7 cm³/mol. The van der Waals surface area contributed by atoms with Gasteiger partial charge in [-0.15, -0.1) is 0 Å². The van der Waals surface area contributed by atoms with Gasteiger partial charge in [-0.25, -0.2) is 0 Å². The van der Waals surface area contributed by atoms with Crippen LogP contribution in [-0.4, -0.2) is 16.4 Å². The van der Waals surface area contributed by atoms with Crippen LogP contribution in [0.25, 0.3) is 0 Å². The average molecular weight is 263 g/mol. The number of carbonyl (C=O) groups is 1. The SMILES string of the molecule is C[S@](=O)c1ccc(CNC(=O)c2ccco2)cc1. The summed E-state index contributed by atoms with van der Waals surface area (Å²) in [6.07, 6.45) is 3.09. The minimum atomic E-state index is -0.977. The van der Waals surface area contributed by atoms with Crippen molar-refractivity contribution >= 4 is 16.7 Å². The molecule has 1 aromatic carbocycles. The molecule has 0 bridgehead atoms. The fourth-order valence-corrected chi connectivity index (χ4v) is 2.00. The summed E-state index contributed by atoms with van der Waals surface area (Å²) < 4.78 is 16.2. The van der Waals surface area contributed by atoms with E-state index in [-0.39, 0.29) is 5.91 Å². The standard InChI is InChI=1S/C13H13NO3S/c1-18(16)11-6-4-10(5-7-11)9-14-13(15)12-3-2-8-17-12/h2-8H,9H2,1H3,(H,14,15)/t18-/m0/s1. The molecular weight excluding hydrogens is 250 g/mol. The first-order chi connectivity index (χ1) is 8.66. The van der Waals surface area contributed by atoms with Gasteiger partial charge in [0.2, 0.25) is 0 Å². The molecule has 2 rings (SSSR count). The van der Waals surface area contributed by atoms with E-state index in [0.29, 0.717) is 12.3 Å². The lowest BCUT2D eigenvalue weighted by Crippen LogP contribution is -2.22. The van der Waals surface area contributed by atoms with Crippen LogP contribution in [0, 0.1) is 0 Å². The molecule has 0 saturated heterocycles. The molecule has 1 heterocycles. The summed E-state index contributed by atoms with van der Waals surface area (Å²) in [6, 6.07) is 10.6. The highest BCUT2D eigenvalue weighted by Crippen LogP contribution is 2.08. The number of rotatable bonds is 4. The molecule has 4 nitrogen and oxygen atoms in total. The van der Waals surface area contributed by atoms with Crippen molar-refractivity contribution in [1.82, 2.24) is 5.32 Å². The van der Waals surface area contributed by atoms with Crippen LogP contribution < -0.4 is 5.32 Å². The number of nitrogens with one attached hydrogen (secondary N) is 1. The Labute approximate surface area is 107 Å². The normalized spacial score (nSPS) is 12.1. The van der Waals surface area contributed by atoms with Crippen LogP contribution in [0.3, 0.4) is 0 Å². The van der Waals surface area contributed by atoms with E-state index >= 15 is 0 Å². The van der Waals surface area contributed by atoms with Gasteiger partial charge in [0.15, 0.2) is 5.76 Å². The number of benzene rings is 1. The van der Waals surface area contributed by atoms with Crippen molar-refractivity contribution in [2.75, 3.05) is 6.26 Å². The molecule has 0 spiro atoms. The zero-order valence-electron chi connectivity index (χ0n) is 9.88. The Morgan fingerprint density at radius 2 is 2.00 bits per heavy atom. The second kappa shape index (κ2) is 5.64. The fourth-order valence-electron chi connectivity index (χ4n) is 1.48. The van der Waals surface area contributed by atoms with Gasteiger partial charge in [-0.1, -0.05) is 12.1 Å². The number of amides is 1. The van der Waals surface area contributed by atoms with Crippen LogP contribution in [0.2, 0.25) is 0 Å². The zero-order chi connectivity index (χ0) is 13.0. The van der Waals surface area contributed by atoms with Crippen LogP contribution in [0.1, 0.15) is 16.1 Å². The van der Waals surface area contributed by atoms with Crippen molar-refractivity contribution in [1.29, 1.82) is 0 Å². The van der Waals surface area contributed by atoms with Crippen molar-refractivity contribution in [3.05, 3.63) is 54.0 Å². The summed E-state index contributed by atoms with van der Waals surface area (Å²) in [6.45, 7) is 0.413. The minimum Gasteiger partial charge on any atom is -0.459 e. The van der Waals surface area contributed by atoms with Gasteiger partial charge in [0.05, 0.1) is 6.26 Å². The fraction of sp³-hybridized carbons (Fsp3) is 0.154. The van der Waals surface area contributed by atoms with Gasteiger partial charge < -0.3 is 9.73 Å². The molecule has 0 radical (unpaired) electrons. The number of hydrogen-bond acceptors (Lipinski definition) is 3. The summed E-state index contributed by atoms with van der Waals surface area (Å²) in [5.41, 5.74) is 0.948. The summed E-state index contributed by atoms with van der Waals surface area (Å²) in [4.78, 5) is 12.4. The molecule has 0 saturated carbocycles. The summed E-state index contributed by atoms with van der Waals surface area (Å²) >= 11 is 0. The maximum absolute atomic E-state index is 11.6. The van der Waals surface area contributed by atoms with Crippen molar-refractivity contribution in [2.45, 2.75) is 11.4 Å². The maximum atomic E-state index is 11.6. The Bertz CT molecular complexity index is 546. The van der Waals surface area contributed by atoms with Crippen LogP contribution >= 0.6 is 0 Å². The molecule has 1 N–H and O–H groups in total. The summed E-state index contributed by atoms with van der Waals surface area (Å²) in [5.74, 6) is 0.0458. The molecule has 2 aromatic rings. The van der Waals surface area contributed by atoms with E-state index in [9.17, 15) is 9.00 Å². The first-order valence-electron chi connectivity index (χ1n) is 5.41. The molecule has 5 heteroatoms. The first kappa shape index (κ1) is 12.6. The molecule has 0 fully saturated rings. The lowest BCUT2D eigenvalue weighted by atomic mass is 10.2. The molecule has 1 aromatic heterocycles. The van der Waals surface area contributed by atoms with Gasteiger partial charge in [0.1, 0.15) is 0 Å². The first-order valence-corrected chi connectivity index (χ1v) is 6.96. The number of carbonyl (C=O) groups excluding carboxylic acids is 1. The van der Waals surface area contributed by atoms with Crippen LogP contribution in [0.4, 0.5) is 0 Å². The van der Waals surface area contributed by atoms with E-state index in [1.807, 2.05) is 12.1 Å². The Kier molecular flexibility index (Phi) is 3.94. The maximum Gasteiger partial charge on any atom is 0.287 e. The third-order valence-electron chi connectivity index (χ3n) is 2.45. The van der Waals surface area contributed by atoms with Gasteiger partial charge in [0.25, 0.3) is 5.91 Å². The molecule has 0 unspecified atom stereocenters. The van der Waals surface area contributed by atoms with E-state index in [4.69, 9.17) is 4.42 Å². The Hall–Kier alpha value is -1.88. The lowest BCUT2D eigenvalue weighted by Gasteiger charge is -2.04. The summed E-state index contributed by atoms with van der Waals surface area (Å²) in [7, 11) is -0.977. The Morgan fingerprint density at radius 3 is 2.56 bits per heavy atom. The van der Waals surface area contributed by atoms with Gasteiger partial charge in [0, 0.05) is 28.5 Å². The quantitative estimate of drug-likeness (QED) is 0.917. The highest BCUT2D eigenvalue weighted by Gasteiger charge is 2.07. The van der Waals surface area contributed by atoms with E-state index in [0.717, 1.165) is 10.5 Å². The monoisotopic (exact) mass is 263 g/mol.